The van der Waals surface area contributed by atoms with Crippen molar-refractivity contribution in [3.8, 4) is 0 Å². The molecule has 1 fully saturated rings. The lowest BCUT2D eigenvalue weighted by Gasteiger charge is -2.36. The minimum atomic E-state index is -0.419. The fraction of sp³-hybridized carbons (Fsp3) is 0.857. The van der Waals surface area contributed by atoms with E-state index < -0.39 is 5.79 Å². The minimum Gasteiger partial charge on any atom is -0.456 e. The molecule has 0 aromatic heterocycles. The Balaban J connectivity index is 1.96. The molecule has 0 saturated heterocycles. The molecule has 1 aliphatic heterocycles. The van der Waals surface area contributed by atoms with Gasteiger partial charge >= 0.3 is 0 Å². The summed E-state index contributed by atoms with van der Waals surface area (Å²) in [5.74, 6) is -0.419. The predicted octanol–water partition coefficient (Wildman–Crippen LogP) is 3.33. The molecule has 1 aliphatic carbocycles. The molecule has 3 heteroatoms. The molecule has 0 bridgehead atoms. The topological polar surface area (TPSA) is 38.7 Å². The first kappa shape index (κ1) is 12.7. The Kier molecular flexibility index (Phi) is 3.97. The van der Waals surface area contributed by atoms with Crippen molar-refractivity contribution in [3.63, 3.8) is 0 Å². The molecule has 1 saturated carbocycles. The molecule has 98 valence electrons. The molecule has 17 heavy (non-hydrogen) atoms. The van der Waals surface area contributed by atoms with E-state index in [0.717, 1.165) is 25.7 Å². The molecule has 1 N–H and O–H groups in total. The van der Waals surface area contributed by atoms with Gasteiger partial charge in [-0.2, -0.15) is 0 Å². The second-order valence-corrected chi connectivity index (χ2v) is 5.33. The van der Waals surface area contributed by atoms with Gasteiger partial charge in [-0.15, -0.1) is 0 Å². The fourth-order valence-corrected chi connectivity index (χ4v) is 2.93. The summed E-state index contributed by atoms with van der Waals surface area (Å²) in [6.45, 7) is 2.47. The fourth-order valence-electron chi connectivity index (χ4n) is 2.93. The average Bonchev–Trinajstić information content (AvgIpc) is 3.00. The number of aliphatic hydroxyl groups excluding tert-OH is 1. The van der Waals surface area contributed by atoms with Gasteiger partial charge in [0.1, 0.15) is 12.5 Å². The lowest BCUT2D eigenvalue weighted by Crippen LogP contribution is -2.41. The van der Waals surface area contributed by atoms with Gasteiger partial charge in [0.2, 0.25) is 0 Å². The number of ether oxygens (including phenoxy) is 2. The van der Waals surface area contributed by atoms with Crippen molar-refractivity contribution in [3.05, 3.63) is 12.5 Å². The number of rotatable bonds is 8. The van der Waals surface area contributed by atoms with Crippen molar-refractivity contribution in [1.82, 2.24) is 0 Å². The van der Waals surface area contributed by atoms with E-state index in [4.69, 9.17) is 14.6 Å². The van der Waals surface area contributed by atoms with Gasteiger partial charge in [-0.05, 0) is 32.1 Å². The van der Waals surface area contributed by atoms with Crippen molar-refractivity contribution in [2.45, 2.75) is 64.1 Å². The summed E-state index contributed by atoms with van der Waals surface area (Å²) in [5.41, 5.74) is 0.160. The van der Waals surface area contributed by atoms with Gasteiger partial charge in [-0.3, -0.25) is 0 Å². The Hall–Kier alpha value is -0.700. The number of hydrogen-bond acceptors (Lipinski definition) is 3. The molecule has 1 heterocycles. The summed E-state index contributed by atoms with van der Waals surface area (Å²) < 4.78 is 11.7. The second-order valence-electron chi connectivity index (χ2n) is 5.33. The molecule has 2 aliphatic rings. The van der Waals surface area contributed by atoms with Crippen LogP contribution in [0.25, 0.3) is 0 Å². The summed E-state index contributed by atoms with van der Waals surface area (Å²) in [7, 11) is 0. The standard InChI is InChI=1S/C14H24O3/c1-2-3-4-7-14(16-11-12-17-14)13(8-9-13)6-5-10-15/h11-12,15H,2-10H2,1H3. The highest BCUT2D eigenvalue weighted by molar-refractivity contribution is 5.07. The van der Waals surface area contributed by atoms with E-state index in [1.54, 1.807) is 12.5 Å². The number of hydrogen-bond donors (Lipinski definition) is 1. The van der Waals surface area contributed by atoms with E-state index in [9.17, 15) is 0 Å². The van der Waals surface area contributed by atoms with Crippen LogP contribution in [0.1, 0.15) is 58.3 Å². The molecule has 0 spiro atoms. The van der Waals surface area contributed by atoms with Crippen LogP contribution in [0, 0.1) is 5.41 Å². The number of unbranched alkanes of at least 4 members (excludes halogenated alkanes) is 2. The molecule has 0 atom stereocenters. The largest absolute Gasteiger partial charge is 0.456 e. The Bertz CT molecular complexity index is 261. The highest BCUT2D eigenvalue weighted by Crippen LogP contribution is 2.62. The lowest BCUT2D eigenvalue weighted by molar-refractivity contribution is -0.201. The van der Waals surface area contributed by atoms with Gasteiger partial charge in [0.25, 0.3) is 5.79 Å². The quantitative estimate of drug-likeness (QED) is 0.661. The van der Waals surface area contributed by atoms with Gasteiger partial charge in [0.15, 0.2) is 0 Å². The van der Waals surface area contributed by atoms with Crippen LogP contribution in [0.5, 0.6) is 0 Å². The van der Waals surface area contributed by atoms with Crippen molar-refractivity contribution >= 4 is 0 Å². The third-order valence-electron chi connectivity index (χ3n) is 4.16. The molecule has 2 rings (SSSR count). The third kappa shape index (κ3) is 2.44. The zero-order valence-corrected chi connectivity index (χ0v) is 10.8. The average molecular weight is 240 g/mol. The van der Waals surface area contributed by atoms with Crippen LogP contribution >= 0.6 is 0 Å². The van der Waals surface area contributed by atoms with Gasteiger partial charge in [0.05, 0.1) is 0 Å². The van der Waals surface area contributed by atoms with Crippen molar-refractivity contribution in [2.75, 3.05) is 6.61 Å². The van der Waals surface area contributed by atoms with Crippen LogP contribution in [-0.2, 0) is 9.47 Å². The summed E-state index contributed by atoms with van der Waals surface area (Å²) in [5, 5.41) is 9.00. The molecular formula is C14H24O3. The van der Waals surface area contributed by atoms with Crippen molar-refractivity contribution in [2.24, 2.45) is 5.41 Å². The van der Waals surface area contributed by atoms with Crippen LogP contribution < -0.4 is 0 Å². The van der Waals surface area contributed by atoms with Crippen molar-refractivity contribution < 1.29 is 14.6 Å². The van der Waals surface area contributed by atoms with Crippen LogP contribution in [-0.4, -0.2) is 17.5 Å². The Morgan fingerprint density at radius 2 is 1.76 bits per heavy atom. The minimum absolute atomic E-state index is 0.160. The van der Waals surface area contributed by atoms with E-state index in [-0.39, 0.29) is 12.0 Å². The van der Waals surface area contributed by atoms with E-state index in [0.29, 0.717) is 0 Å². The molecule has 0 amide bonds. The van der Waals surface area contributed by atoms with Gasteiger partial charge < -0.3 is 14.6 Å². The van der Waals surface area contributed by atoms with Crippen molar-refractivity contribution in [1.29, 1.82) is 0 Å². The first-order valence-electron chi connectivity index (χ1n) is 6.90. The van der Waals surface area contributed by atoms with Gasteiger partial charge in [0, 0.05) is 18.4 Å². The SMILES string of the molecule is CCCCCC1(C2(CCCO)CC2)OC=CO1. The second kappa shape index (κ2) is 5.30. The van der Waals surface area contributed by atoms with Crippen LogP contribution in [0.15, 0.2) is 12.5 Å². The van der Waals surface area contributed by atoms with Gasteiger partial charge in [-0.1, -0.05) is 19.8 Å². The number of aliphatic hydroxyl groups is 1. The molecule has 3 nitrogen and oxygen atoms in total. The molecule has 0 radical (unpaired) electrons. The predicted molar refractivity (Wildman–Crippen MR) is 66.2 cm³/mol. The maximum absolute atomic E-state index is 9.00. The summed E-state index contributed by atoms with van der Waals surface area (Å²) in [6, 6.07) is 0. The molecule has 0 unspecified atom stereocenters. The van der Waals surface area contributed by atoms with Crippen LogP contribution in [0.3, 0.4) is 0 Å². The summed E-state index contributed by atoms with van der Waals surface area (Å²) >= 11 is 0. The summed E-state index contributed by atoms with van der Waals surface area (Å²) in [6.07, 6.45) is 12.1. The molecule has 0 aromatic carbocycles. The summed E-state index contributed by atoms with van der Waals surface area (Å²) in [4.78, 5) is 0. The van der Waals surface area contributed by atoms with E-state index in [2.05, 4.69) is 6.92 Å². The third-order valence-corrected chi connectivity index (χ3v) is 4.16. The molecule has 0 aromatic rings. The zero-order valence-electron chi connectivity index (χ0n) is 10.8. The maximum Gasteiger partial charge on any atom is 0.255 e. The smallest absolute Gasteiger partial charge is 0.255 e. The van der Waals surface area contributed by atoms with Crippen LogP contribution in [0.2, 0.25) is 0 Å². The Labute approximate surface area is 104 Å². The highest BCUT2D eigenvalue weighted by atomic mass is 16.7. The van der Waals surface area contributed by atoms with Gasteiger partial charge in [-0.25, -0.2) is 0 Å². The molecular weight excluding hydrogens is 216 g/mol. The van der Waals surface area contributed by atoms with E-state index in [1.165, 1.54) is 25.7 Å². The van der Waals surface area contributed by atoms with Crippen LogP contribution in [0.4, 0.5) is 0 Å². The normalized spacial score (nSPS) is 23.2. The van der Waals surface area contributed by atoms with E-state index in [1.807, 2.05) is 0 Å². The Morgan fingerprint density at radius 3 is 2.29 bits per heavy atom. The highest BCUT2D eigenvalue weighted by Gasteiger charge is 2.62. The monoisotopic (exact) mass is 240 g/mol. The van der Waals surface area contributed by atoms with E-state index >= 15 is 0 Å². The Morgan fingerprint density at radius 1 is 1.06 bits per heavy atom. The lowest BCUT2D eigenvalue weighted by atomic mass is 9.86. The first-order chi connectivity index (χ1) is 8.29. The first-order valence-corrected chi connectivity index (χ1v) is 6.90. The zero-order chi connectivity index (χ0) is 12.2. The maximum atomic E-state index is 9.00.